The smallest absolute Gasteiger partial charge is 0.420 e. The van der Waals surface area contributed by atoms with Crippen LogP contribution in [0.15, 0.2) is 42.5 Å². The topological polar surface area (TPSA) is 113 Å². The first-order valence-corrected chi connectivity index (χ1v) is 8.05. The Kier molecular flexibility index (Phi) is 4.89. The largest absolute Gasteiger partial charge is 0.478 e. The summed E-state index contributed by atoms with van der Waals surface area (Å²) in [6, 6.07) is 12.0. The van der Waals surface area contributed by atoms with Crippen molar-refractivity contribution >= 4 is 35.3 Å². The fraction of sp³-hybridized carbons (Fsp3) is 0.158. The molecule has 0 saturated heterocycles. The van der Waals surface area contributed by atoms with Crippen molar-refractivity contribution in [2.45, 2.75) is 12.8 Å². The van der Waals surface area contributed by atoms with E-state index >= 15 is 0 Å². The molecule has 2 aromatic carbocycles. The molecule has 0 bridgehead atoms. The van der Waals surface area contributed by atoms with Crippen molar-refractivity contribution in [1.82, 2.24) is 0 Å². The minimum atomic E-state index is -1.11. The molecule has 8 heteroatoms. The molecule has 2 aliphatic rings. The zero-order valence-corrected chi connectivity index (χ0v) is 14.4. The van der Waals surface area contributed by atoms with Crippen molar-refractivity contribution in [2.75, 3.05) is 17.3 Å². The van der Waals surface area contributed by atoms with Crippen LogP contribution in [-0.4, -0.2) is 36.1 Å². The minimum Gasteiger partial charge on any atom is -0.478 e. The van der Waals surface area contributed by atoms with Crippen molar-refractivity contribution in [3.8, 4) is 0 Å². The molecule has 0 aromatic heterocycles. The van der Waals surface area contributed by atoms with Crippen molar-refractivity contribution in [2.24, 2.45) is 0 Å². The maximum absolute atomic E-state index is 11.6. The van der Waals surface area contributed by atoms with E-state index in [-0.39, 0.29) is 23.6 Å². The van der Waals surface area contributed by atoms with Gasteiger partial charge in [0.1, 0.15) is 0 Å². The van der Waals surface area contributed by atoms with E-state index in [0.717, 1.165) is 23.3 Å². The first-order chi connectivity index (χ1) is 12.9. The number of nitrogens with one attached hydrogen (secondary N) is 1. The summed E-state index contributed by atoms with van der Waals surface area (Å²) < 4.78 is 4.48. The number of carbonyl (C=O) groups is 4. The standard InChI is InChI=1S/C11H9NO5.C8H7NO/c1-17-11(16)12-8-4-7(10(14)15)3-2-6(8)5-9(12)13;10-8-5-6-3-1-2-4-7(6)9-8/h2-4H,5H2,1H3,(H,14,15);1-4H,5H2,(H,9,10). The third kappa shape index (κ3) is 3.64. The highest BCUT2D eigenvalue weighted by atomic mass is 16.5. The molecule has 2 aromatic rings. The van der Waals surface area contributed by atoms with E-state index in [1.54, 1.807) is 0 Å². The van der Waals surface area contributed by atoms with E-state index < -0.39 is 18.0 Å². The maximum Gasteiger partial charge on any atom is 0.420 e. The summed E-state index contributed by atoms with van der Waals surface area (Å²) in [4.78, 5) is 45.4. The lowest BCUT2D eigenvalue weighted by molar-refractivity contribution is -0.117. The van der Waals surface area contributed by atoms with Crippen LogP contribution in [0.4, 0.5) is 16.2 Å². The fourth-order valence-corrected chi connectivity index (χ4v) is 2.89. The summed E-state index contributed by atoms with van der Waals surface area (Å²) in [5, 5.41) is 11.6. The summed E-state index contributed by atoms with van der Waals surface area (Å²) in [5.74, 6) is -1.44. The lowest BCUT2D eigenvalue weighted by atomic mass is 10.1. The number of aromatic carboxylic acids is 1. The first kappa shape index (κ1) is 18.1. The number of anilines is 2. The number of benzene rings is 2. The van der Waals surface area contributed by atoms with Crippen LogP contribution in [0.25, 0.3) is 0 Å². The normalized spacial score (nSPS) is 13.9. The zero-order chi connectivity index (χ0) is 19.6. The Balaban J connectivity index is 0.000000177. The van der Waals surface area contributed by atoms with Crippen LogP contribution in [0.3, 0.4) is 0 Å². The number of nitrogens with zero attached hydrogens (tertiary/aromatic N) is 1. The number of ether oxygens (including phenoxy) is 1. The molecule has 0 radical (unpaired) electrons. The molecule has 2 N–H and O–H groups in total. The Morgan fingerprint density at radius 2 is 1.81 bits per heavy atom. The number of methoxy groups -OCH3 is 1. The molecule has 3 amide bonds. The summed E-state index contributed by atoms with van der Waals surface area (Å²) in [6.45, 7) is 0. The average Bonchev–Trinajstić information content (AvgIpc) is 3.18. The Bertz CT molecular complexity index is 918. The number of fused-ring (bicyclic) bond motifs is 2. The van der Waals surface area contributed by atoms with Crippen molar-refractivity contribution < 1.29 is 29.0 Å². The number of hydrogen-bond donors (Lipinski definition) is 2. The zero-order valence-electron chi connectivity index (χ0n) is 14.4. The molecule has 0 unspecified atom stereocenters. The minimum absolute atomic E-state index is 0.0207. The second-order valence-electron chi connectivity index (χ2n) is 5.91. The van der Waals surface area contributed by atoms with E-state index in [1.807, 2.05) is 24.3 Å². The van der Waals surface area contributed by atoms with Crippen LogP contribution in [0.1, 0.15) is 21.5 Å². The van der Waals surface area contributed by atoms with Crippen LogP contribution in [-0.2, 0) is 27.2 Å². The van der Waals surface area contributed by atoms with Crippen molar-refractivity contribution in [3.63, 3.8) is 0 Å². The Morgan fingerprint density at radius 1 is 1.07 bits per heavy atom. The third-order valence-corrected chi connectivity index (χ3v) is 4.16. The number of amides is 3. The molecule has 8 nitrogen and oxygen atoms in total. The van der Waals surface area contributed by atoms with Gasteiger partial charge in [-0.3, -0.25) is 9.59 Å². The number of carboxylic acids is 1. The second-order valence-corrected chi connectivity index (χ2v) is 5.91. The molecule has 27 heavy (non-hydrogen) atoms. The van der Waals surface area contributed by atoms with Crippen LogP contribution in [0.2, 0.25) is 0 Å². The molecular weight excluding hydrogens is 352 g/mol. The number of hydrogen-bond acceptors (Lipinski definition) is 5. The number of carboxylic acid groups (broad SMARTS) is 1. The summed E-state index contributed by atoms with van der Waals surface area (Å²) in [5.41, 5.74) is 2.99. The highest BCUT2D eigenvalue weighted by Crippen LogP contribution is 2.30. The highest BCUT2D eigenvalue weighted by molar-refractivity contribution is 6.17. The predicted molar refractivity (Wildman–Crippen MR) is 95.8 cm³/mol. The Morgan fingerprint density at radius 3 is 2.48 bits per heavy atom. The van der Waals surface area contributed by atoms with Gasteiger partial charge in [-0.05, 0) is 29.3 Å². The number of carbonyl (C=O) groups excluding carboxylic acids is 3. The van der Waals surface area contributed by atoms with Crippen molar-refractivity contribution in [3.05, 3.63) is 59.2 Å². The Labute approximate surface area is 154 Å². The molecule has 0 saturated carbocycles. The molecule has 0 aliphatic carbocycles. The highest BCUT2D eigenvalue weighted by Gasteiger charge is 2.33. The summed E-state index contributed by atoms with van der Waals surface area (Å²) in [7, 11) is 1.16. The van der Waals surface area contributed by atoms with Gasteiger partial charge in [0.2, 0.25) is 11.8 Å². The SMILES string of the molecule is COC(=O)N1C(=O)Cc2ccc(C(=O)O)cc21.O=C1Cc2ccccc2N1. The van der Waals surface area contributed by atoms with E-state index in [4.69, 9.17) is 5.11 Å². The van der Waals surface area contributed by atoms with Gasteiger partial charge >= 0.3 is 12.1 Å². The maximum atomic E-state index is 11.6. The number of para-hydroxylation sites is 1. The van der Waals surface area contributed by atoms with Gasteiger partial charge in [-0.25, -0.2) is 14.5 Å². The fourth-order valence-electron chi connectivity index (χ4n) is 2.89. The molecule has 2 heterocycles. The van der Waals surface area contributed by atoms with Crippen LogP contribution < -0.4 is 10.2 Å². The quantitative estimate of drug-likeness (QED) is 0.798. The second kappa shape index (κ2) is 7.28. The predicted octanol–water partition coefficient (Wildman–Crippen LogP) is 2.22. The van der Waals surface area contributed by atoms with E-state index in [9.17, 15) is 19.2 Å². The molecule has 0 atom stereocenters. The van der Waals surface area contributed by atoms with Gasteiger partial charge in [-0.1, -0.05) is 24.3 Å². The summed E-state index contributed by atoms with van der Waals surface area (Å²) >= 11 is 0. The van der Waals surface area contributed by atoms with Crippen LogP contribution >= 0.6 is 0 Å². The average molecular weight is 368 g/mol. The van der Waals surface area contributed by atoms with Crippen LogP contribution in [0, 0.1) is 0 Å². The summed E-state index contributed by atoms with van der Waals surface area (Å²) in [6.07, 6.45) is -0.197. The molecule has 2 aliphatic heterocycles. The van der Waals surface area contributed by atoms with Gasteiger partial charge in [0, 0.05) is 5.69 Å². The molecule has 0 fully saturated rings. The van der Waals surface area contributed by atoms with Gasteiger partial charge in [-0.2, -0.15) is 0 Å². The monoisotopic (exact) mass is 368 g/mol. The third-order valence-electron chi connectivity index (χ3n) is 4.16. The van der Waals surface area contributed by atoms with E-state index in [1.165, 1.54) is 18.2 Å². The van der Waals surface area contributed by atoms with Gasteiger partial charge < -0.3 is 15.2 Å². The van der Waals surface area contributed by atoms with E-state index in [0.29, 0.717) is 12.0 Å². The van der Waals surface area contributed by atoms with Gasteiger partial charge in [-0.15, -0.1) is 0 Å². The number of imide groups is 1. The van der Waals surface area contributed by atoms with Gasteiger partial charge in [0.25, 0.3) is 0 Å². The first-order valence-electron chi connectivity index (χ1n) is 8.05. The number of rotatable bonds is 1. The van der Waals surface area contributed by atoms with E-state index in [2.05, 4.69) is 10.1 Å². The lowest BCUT2D eigenvalue weighted by Crippen LogP contribution is -2.33. The molecule has 0 spiro atoms. The van der Waals surface area contributed by atoms with Gasteiger partial charge in [0.05, 0.1) is 31.2 Å². The lowest BCUT2D eigenvalue weighted by Gasteiger charge is -2.13. The molecular formula is C19H16N2O6. The van der Waals surface area contributed by atoms with Crippen molar-refractivity contribution in [1.29, 1.82) is 0 Å². The van der Waals surface area contributed by atoms with Gasteiger partial charge in [0.15, 0.2) is 0 Å². The molecule has 138 valence electrons. The Hall–Kier alpha value is -3.68. The molecule has 4 rings (SSSR count). The van der Waals surface area contributed by atoms with Crippen LogP contribution in [0.5, 0.6) is 0 Å².